The zero-order valence-corrected chi connectivity index (χ0v) is 11.3. The van der Waals surface area contributed by atoms with Gasteiger partial charge in [0.05, 0.1) is 18.7 Å². The van der Waals surface area contributed by atoms with Crippen molar-refractivity contribution in [3.63, 3.8) is 0 Å². The Bertz CT molecular complexity index is 572. The van der Waals surface area contributed by atoms with Gasteiger partial charge in [-0.1, -0.05) is 30.3 Å². The predicted molar refractivity (Wildman–Crippen MR) is 76.4 cm³/mol. The van der Waals surface area contributed by atoms with Crippen LogP contribution in [0.3, 0.4) is 0 Å². The molecule has 0 atom stereocenters. The van der Waals surface area contributed by atoms with E-state index in [1.165, 1.54) is 11.0 Å². The molecule has 0 aromatic heterocycles. The van der Waals surface area contributed by atoms with E-state index in [9.17, 15) is 9.18 Å². The maximum absolute atomic E-state index is 13.6. The smallest absolute Gasteiger partial charge is 0.230 e. The van der Waals surface area contributed by atoms with Gasteiger partial charge in [0.25, 0.3) is 0 Å². The Hall–Kier alpha value is -2.36. The fraction of sp³-hybridized carbons (Fsp3) is 0.188. The van der Waals surface area contributed by atoms with Crippen molar-refractivity contribution in [2.75, 3.05) is 18.6 Å². The standard InChI is InChI=1S/C16H16FNO2/c1-18(15-10-6-5-9-14(15)17)16(19)11-12-20-13-7-3-2-4-8-13/h2-10H,11-12H2,1H3. The molecule has 1 amide bonds. The fourth-order valence-electron chi connectivity index (χ4n) is 1.80. The Balaban J connectivity index is 1.87. The molecule has 0 aliphatic carbocycles. The number of rotatable bonds is 5. The number of amides is 1. The van der Waals surface area contributed by atoms with Crippen LogP contribution in [-0.2, 0) is 4.79 Å². The SMILES string of the molecule is CN(C(=O)CCOc1ccccc1)c1ccccc1F. The summed E-state index contributed by atoms with van der Waals surface area (Å²) in [5, 5.41) is 0. The minimum Gasteiger partial charge on any atom is -0.493 e. The summed E-state index contributed by atoms with van der Waals surface area (Å²) >= 11 is 0. The van der Waals surface area contributed by atoms with Gasteiger partial charge in [0.15, 0.2) is 0 Å². The molecule has 2 aromatic carbocycles. The molecule has 20 heavy (non-hydrogen) atoms. The van der Waals surface area contributed by atoms with Crippen LogP contribution in [0.5, 0.6) is 5.75 Å². The lowest BCUT2D eigenvalue weighted by Crippen LogP contribution is -2.28. The van der Waals surface area contributed by atoms with E-state index < -0.39 is 5.82 Å². The minimum absolute atomic E-state index is 0.189. The van der Waals surface area contributed by atoms with Crippen LogP contribution in [0.25, 0.3) is 0 Å². The maximum Gasteiger partial charge on any atom is 0.230 e. The van der Waals surface area contributed by atoms with Gasteiger partial charge < -0.3 is 9.64 Å². The van der Waals surface area contributed by atoms with Gasteiger partial charge in [-0.3, -0.25) is 4.79 Å². The van der Waals surface area contributed by atoms with Crippen molar-refractivity contribution in [2.45, 2.75) is 6.42 Å². The first-order chi connectivity index (χ1) is 9.68. The zero-order valence-electron chi connectivity index (χ0n) is 11.3. The molecule has 0 bridgehead atoms. The number of para-hydroxylation sites is 2. The van der Waals surface area contributed by atoms with E-state index in [2.05, 4.69) is 0 Å². The second-order valence-electron chi connectivity index (χ2n) is 4.32. The largest absolute Gasteiger partial charge is 0.493 e. The number of nitrogens with zero attached hydrogens (tertiary/aromatic N) is 1. The lowest BCUT2D eigenvalue weighted by Gasteiger charge is -2.18. The molecular formula is C16H16FNO2. The molecule has 0 radical (unpaired) electrons. The van der Waals surface area contributed by atoms with E-state index in [4.69, 9.17) is 4.74 Å². The summed E-state index contributed by atoms with van der Waals surface area (Å²) in [4.78, 5) is 13.3. The maximum atomic E-state index is 13.6. The van der Waals surface area contributed by atoms with Crippen LogP contribution in [0, 0.1) is 5.82 Å². The van der Waals surface area contributed by atoms with Gasteiger partial charge in [-0.25, -0.2) is 4.39 Å². The van der Waals surface area contributed by atoms with E-state index >= 15 is 0 Å². The molecule has 0 aliphatic rings. The number of carbonyl (C=O) groups excluding carboxylic acids is 1. The van der Waals surface area contributed by atoms with Crippen molar-refractivity contribution in [3.8, 4) is 5.75 Å². The van der Waals surface area contributed by atoms with Gasteiger partial charge in [0, 0.05) is 7.05 Å². The molecule has 2 aromatic rings. The van der Waals surface area contributed by atoms with Gasteiger partial charge in [-0.2, -0.15) is 0 Å². The minimum atomic E-state index is -0.410. The first-order valence-electron chi connectivity index (χ1n) is 6.37. The molecule has 0 spiro atoms. The predicted octanol–water partition coefficient (Wildman–Crippen LogP) is 3.26. The molecule has 0 N–H and O–H groups in total. The summed E-state index contributed by atoms with van der Waals surface area (Å²) in [6, 6.07) is 15.5. The summed E-state index contributed by atoms with van der Waals surface area (Å²) < 4.78 is 19.0. The molecule has 0 saturated carbocycles. The van der Waals surface area contributed by atoms with Crippen LogP contribution in [0.2, 0.25) is 0 Å². The van der Waals surface area contributed by atoms with Gasteiger partial charge in [0.1, 0.15) is 11.6 Å². The molecule has 3 nitrogen and oxygen atoms in total. The Morgan fingerprint density at radius 3 is 2.45 bits per heavy atom. The summed E-state index contributed by atoms with van der Waals surface area (Å²) in [6.07, 6.45) is 0.194. The van der Waals surface area contributed by atoms with Crippen molar-refractivity contribution >= 4 is 11.6 Å². The van der Waals surface area contributed by atoms with E-state index in [-0.39, 0.29) is 24.6 Å². The highest BCUT2D eigenvalue weighted by atomic mass is 19.1. The number of carbonyl (C=O) groups is 1. The Labute approximate surface area is 117 Å². The van der Waals surface area contributed by atoms with E-state index in [1.54, 1.807) is 25.2 Å². The number of halogens is 1. The van der Waals surface area contributed by atoms with E-state index in [0.717, 1.165) is 0 Å². The third-order valence-corrected chi connectivity index (χ3v) is 2.92. The van der Waals surface area contributed by atoms with Gasteiger partial charge in [0.2, 0.25) is 5.91 Å². The van der Waals surface area contributed by atoms with Crippen LogP contribution >= 0.6 is 0 Å². The van der Waals surface area contributed by atoms with Crippen LogP contribution in [-0.4, -0.2) is 19.6 Å². The highest BCUT2D eigenvalue weighted by Crippen LogP contribution is 2.18. The number of ether oxygens (including phenoxy) is 1. The second-order valence-corrected chi connectivity index (χ2v) is 4.32. The van der Waals surface area contributed by atoms with Crippen molar-refractivity contribution in [1.29, 1.82) is 0 Å². The summed E-state index contributed by atoms with van der Waals surface area (Å²) in [6.45, 7) is 0.266. The molecule has 2 rings (SSSR count). The van der Waals surface area contributed by atoms with Crippen LogP contribution < -0.4 is 9.64 Å². The van der Waals surface area contributed by atoms with Crippen molar-refractivity contribution in [3.05, 3.63) is 60.4 Å². The molecule has 0 fully saturated rings. The fourth-order valence-corrected chi connectivity index (χ4v) is 1.80. The lowest BCUT2D eigenvalue weighted by atomic mass is 10.2. The molecule has 0 aliphatic heterocycles. The highest BCUT2D eigenvalue weighted by molar-refractivity contribution is 5.92. The van der Waals surface area contributed by atoms with E-state index in [0.29, 0.717) is 5.75 Å². The summed E-state index contributed by atoms with van der Waals surface area (Å²) in [7, 11) is 1.56. The molecule has 4 heteroatoms. The zero-order chi connectivity index (χ0) is 14.4. The Kier molecular flexibility index (Phi) is 4.71. The van der Waals surface area contributed by atoms with Crippen molar-refractivity contribution < 1.29 is 13.9 Å². The molecule has 104 valence electrons. The normalized spacial score (nSPS) is 10.1. The van der Waals surface area contributed by atoms with Gasteiger partial charge in [-0.05, 0) is 24.3 Å². The molecular weight excluding hydrogens is 257 g/mol. The number of hydrogen-bond donors (Lipinski definition) is 0. The van der Waals surface area contributed by atoms with Crippen molar-refractivity contribution in [1.82, 2.24) is 0 Å². The first-order valence-corrected chi connectivity index (χ1v) is 6.37. The molecule has 0 saturated heterocycles. The Morgan fingerprint density at radius 2 is 1.75 bits per heavy atom. The quantitative estimate of drug-likeness (QED) is 0.837. The van der Waals surface area contributed by atoms with Crippen LogP contribution in [0.4, 0.5) is 10.1 Å². The Morgan fingerprint density at radius 1 is 1.10 bits per heavy atom. The van der Waals surface area contributed by atoms with Crippen molar-refractivity contribution in [2.24, 2.45) is 0 Å². The van der Waals surface area contributed by atoms with Gasteiger partial charge >= 0.3 is 0 Å². The lowest BCUT2D eigenvalue weighted by molar-refractivity contribution is -0.118. The van der Waals surface area contributed by atoms with Crippen LogP contribution in [0.15, 0.2) is 54.6 Å². The topological polar surface area (TPSA) is 29.5 Å². The first kappa shape index (κ1) is 14.1. The highest BCUT2D eigenvalue weighted by Gasteiger charge is 2.14. The summed E-state index contributed by atoms with van der Waals surface area (Å²) in [5.41, 5.74) is 0.275. The number of hydrogen-bond acceptors (Lipinski definition) is 2. The third-order valence-electron chi connectivity index (χ3n) is 2.92. The average molecular weight is 273 g/mol. The molecule has 0 unspecified atom stereocenters. The molecule has 0 heterocycles. The van der Waals surface area contributed by atoms with Crippen LogP contribution in [0.1, 0.15) is 6.42 Å². The third kappa shape index (κ3) is 3.57. The average Bonchev–Trinajstić information content (AvgIpc) is 2.48. The van der Waals surface area contributed by atoms with Gasteiger partial charge in [-0.15, -0.1) is 0 Å². The second kappa shape index (κ2) is 6.70. The number of benzene rings is 2. The monoisotopic (exact) mass is 273 g/mol. The van der Waals surface area contributed by atoms with E-state index in [1.807, 2.05) is 30.3 Å². The summed E-state index contributed by atoms with van der Waals surface area (Å²) in [5.74, 6) is 0.118. The number of anilines is 1.